The number of rotatable bonds is 8. The fourth-order valence-electron chi connectivity index (χ4n) is 4.99. The number of aromatic nitrogens is 3. The van der Waals surface area contributed by atoms with Crippen molar-refractivity contribution in [3.05, 3.63) is 60.3 Å². The van der Waals surface area contributed by atoms with E-state index < -0.39 is 9.84 Å². The first-order valence-corrected chi connectivity index (χ1v) is 14.6. The Morgan fingerprint density at radius 3 is 2.61 bits per heavy atom. The van der Waals surface area contributed by atoms with Gasteiger partial charge in [-0.3, -0.25) is 4.79 Å². The molecule has 1 aliphatic rings. The van der Waals surface area contributed by atoms with E-state index in [1.54, 1.807) is 18.3 Å². The van der Waals surface area contributed by atoms with Gasteiger partial charge in [-0.15, -0.1) is 0 Å². The van der Waals surface area contributed by atoms with Crippen molar-refractivity contribution in [3.8, 4) is 11.4 Å². The van der Waals surface area contributed by atoms with Gasteiger partial charge in [0.2, 0.25) is 0 Å². The van der Waals surface area contributed by atoms with Crippen molar-refractivity contribution in [2.45, 2.75) is 39.7 Å². The van der Waals surface area contributed by atoms with Crippen molar-refractivity contribution in [2.75, 3.05) is 28.8 Å². The number of anilines is 3. The van der Waals surface area contributed by atoms with Crippen LogP contribution in [-0.2, 0) is 9.84 Å². The molecule has 2 atom stereocenters. The highest BCUT2D eigenvalue weighted by Crippen LogP contribution is 2.39. The summed E-state index contributed by atoms with van der Waals surface area (Å²) in [6.45, 7) is 8.55. The molecule has 0 radical (unpaired) electrons. The van der Waals surface area contributed by atoms with Gasteiger partial charge in [0.15, 0.2) is 17.4 Å². The fourth-order valence-corrected chi connectivity index (χ4v) is 6.15. The number of ketones is 1. The number of carbonyl (C=O) groups is 1. The lowest BCUT2D eigenvalue weighted by Crippen LogP contribution is -2.57. The lowest BCUT2D eigenvalue weighted by molar-refractivity contribution is 0.0987. The lowest BCUT2D eigenvalue weighted by Gasteiger charge is -2.48. The van der Waals surface area contributed by atoms with Crippen LogP contribution in [0.5, 0.6) is 0 Å². The average Bonchev–Trinajstić information content (AvgIpc) is 3.36. The van der Waals surface area contributed by atoms with Crippen LogP contribution in [0.3, 0.4) is 0 Å². The predicted molar refractivity (Wildman–Crippen MR) is 149 cm³/mol. The highest BCUT2D eigenvalue weighted by molar-refractivity contribution is 7.90. The summed E-state index contributed by atoms with van der Waals surface area (Å²) in [7, 11) is -3.02. The van der Waals surface area contributed by atoms with E-state index in [2.05, 4.69) is 58.1 Å². The minimum absolute atomic E-state index is 0.118. The SMILES string of the molecule is CC(=O)c1cc(-c2nccc(Nc3cc4c(C(C)C)ccc(N5C[C@H](CS(C)(=O)=O)[C@H]5C)c4cn3)n2)co1. The lowest BCUT2D eigenvalue weighted by atomic mass is 9.88. The number of hydrogen-bond donors (Lipinski definition) is 1. The molecule has 5 rings (SSSR count). The van der Waals surface area contributed by atoms with Gasteiger partial charge in [0.25, 0.3) is 0 Å². The Hall–Kier alpha value is -3.79. The van der Waals surface area contributed by atoms with Crippen molar-refractivity contribution in [2.24, 2.45) is 5.92 Å². The van der Waals surface area contributed by atoms with Gasteiger partial charge in [-0.05, 0) is 48.1 Å². The molecule has 1 aliphatic heterocycles. The van der Waals surface area contributed by atoms with Crippen LogP contribution < -0.4 is 10.2 Å². The van der Waals surface area contributed by atoms with Crippen LogP contribution in [0.2, 0.25) is 0 Å². The Kier molecular flexibility index (Phi) is 6.68. The van der Waals surface area contributed by atoms with Gasteiger partial charge in [0.1, 0.15) is 27.7 Å². The number of benzene rings is 1. The molecule has 4 aromatic rings. The average molecular weight is 534 g/mol. The molecule has 10 heteroatoms. The summed E-state index contributed by atoms with van der Waals surface area (Å²) in [6, 6.07) is 9.81. The summed E-state index contributed by atoms with van der Waals surface area (Å²) in [5.74, 6) is 2.36. The second-order valence-electron chi connectivity index (χ2n) is 10.3. The van der Waals surface area contributed by atoms with Crippen molar-refractivity contribution in [1.29, 1.82) is 0 Å². The Morgan fingerprint density at radius 2 is 1.95 bits per heavy atom. The molecule has 38 heavy (non-hydrogen) atoms. The summed E-state index contributed by atoms with van der Waals surface area (Å²) in [6.07, 6.45) is 6.28. The minimum atomic E-state index is -3.02. The van der Waals surface area contributed by atoms with Crippen molar-refractivity contribution in [3.63, 3.8) is 0 Å². The first kappa shape index (κ1) is 25.8. The van der Waals surface area contributed by atoms with E-state index in [0.717, 1.165) is 16.5 Å². The molecule has 0 bridgehead atoms. The van der Waals surface area contributed by atoms with E-state index >= 15 is 0 Å². The molecular weight excluding hydrogens is 502 g/mol. The van der Waals surface area contributed by atoms with Gasteiger partial charge in [-0.2, -0.15) is 0 Å². The standard InChI is InChI=1S/C28H31N5O4S/c1-16(2)21-6-7-24(33-13-20(17(33)3)15-38(5,35)36)23-12-30-27(11-22(21)23)31-26-8-9-29-28(32-26)19-10-25(18(4)34)37-14-19/h6-12,14,16-17,20H,13,15H2,1-5H3,(H,29,30,31,32)/t17-,20-/m1/s1. The summed E-state index contributed by atoms with van der Waals surface area (Å²) in [5.41, 5.74) is 2.88. The van der Waals surface area contributed by atoms with Crippen LogP contribution in [0.1, 0.15) is 49.7 Å². The topological polar surface area (TPSA) is 118 Å². The van der Waals surface area contributed by atoms with Crippen molar-refractivity contribution >= 4 is 43.7 Å². The van der Waals surface area contributed by atoms with Crippen LogP contribution in [0, 0.1) is 5.92 Å². The van der Waals surface area contributed by atoms with Crippen LogP contribution in [0.4, 0.5) is 17.3 Å². The van der Waals surface area contributed by atoms with Gasteiger partial charge in [-0.1, -0.05) is 19.9 Å². The number of carbonyl (C=O) groups excluding carboxylic acids is 1. The van der Waals surface area contributed by atoms with E-state index in [9.17, 15) is 13.2 Å². The quantitative estimate of drug-likeness (QED) is 0.304. The van der Waals surface area contributed by atoms with E-state index in [0.29, 0.717) is 35.5 Å². The number of furan rings is 1. The molecule has 0 saturated carbocycles. The third kappa shape index (κ3) is 5.13. The van der Waals surface area contributed by atoms with Crippen LogP contribution in [0.15, 0.2) is 53.4 Å². The molecular formula is C28H31N5O4S. The third-order valence-corrected chi connectivity index (χ3v) is 8.12. The zero-order valence-electron chi connectivity index (χ0n) is 22.1. The van der Waals surface area contributed by atoms with Crippen LogP contribution >= 0.6 is 0 Å². The van der Waals surface area contributed by atoms with Crippen LogP contribution in [0.25, 0.3) is 22.2 Å². The Balaban J connectivity index is 1.45. The summed E-state index contributed by atoms with van der Waals surface area (Å²) in [5, 5.41) is 5.40. The second-order valence-corrected chi connectivity index (χ2v) is 12.5. The van der Waals surface area contributed by atoms with Gasteiger partial charge in [0, 0.05) is 55.2 Å². The largest absolute Gasteiger partial charge is 0.460 e. The molecule has 4 heterocycles. The molecule has 0 unspecified atom stereocenters. The Labute approximate surface area is 222 Å². The van der Waals surface area contributed by atoms with Crippen molar-refractivity contribution < 1.29 is 17.6 Å². The smallest absolute Gasteiger partial charge is 0.194 e. The molecule has 9 nitrogen and oxygen atoms in total. The minimum Gasteiger partial charge on any atom is -0.460 e. The summed E-state index contributed by atoms with van der Waals surface area (Å²) >= 11 is 0. The summed E-state index contributed by atoms with van der Waals surface area (Å²) < 4.78 is 28.9. The molecule has 0 aliphatic carbocycles. The summed E-state index contributed by atoms with van der Waals surface area (Å²) in [4.78, 5) is 27.4. The maximum Gasteiger partial charge on any atom is 0.194 e. The highest BCUT2D eigenvalue weighted by atomic mass is 32.2. The van der Waals surface area contributed by atoms with E-state index in [1.807, 2.05) is 12.3 Å². The van der Waals surface area contributed by atoms with Gasteiger partial charge in [0.05, 0.1) is 11.3 Å². The van der Waals surface area contributed by atoms with Gasteiger partial charge in [-0.25, -0.2) is 23.4 Å². The normalized spacial score (nSPS) is 17.6. The first-order chi connectivity index (χ1) is 18.0. The number of Topliss-reactive ketones (excluding diaryl/α,β-unsaturated/α-hetero) is 1. The molecule has 0 spiro atoms. The first-order valence-electron chi connectivity index (χ1n) is 12.6. The molecule has 1 aromatic carbocycles. The number of sulfone groups is 1. The zero-order chi connectivity index (χ0) is 27.2. The number of pyridine rings is 1. The maximum atomic E-state index is 11.8. The predicted octanol–water partition coefficient (Wildman–Crippen LogP) is 5.22. The molecule has 1 N–H and O–H groups in total. The number of nitrogens with one attached hydrogen (secondary N) is 1. The number of fused-ring (bicyclic) bond motifs is 1. The van der Waals surface area contributed by atoms with Crippen LogP contribution in [-0.4, -0.2) is 53.7 Å². The molecule has 1 fully saturated rings. The Morgan fingerprint density at radius 1 is 1.16 bits per heavy atom. The van der Waals surface area contributed by atoms with Gasteiger partial charge < -0.3 is 14.6 Å². The Bertz CT molecular complexity index is 1630. The second kappa shape index (κ2) is 9.83. The molecule has 1 saturated heterocycles. The molecule has 198 valence electrons. The monoisotopic (exact) mass is 533 g/mol. The molecule has 3 aromatic heterocycles. The number of nitrogens with zero attached hydrogens (tertiary/aromatic N) is 4. The zero-order valence-corrected chi connectivity index (χ0v) is 22.9. The van der Waals surface area contributed by atoms with E-state index in [1.165, 1.54) is 25.0 Å². The van der Waals surface area contributed by atoms with Crippen molar-refractivity contribution in [1.82, 2.24) is 15.0 Å². The molecule has 0 amide bonds. The third-order valence-electron chi connectivity index (χ3n) is 7.08. The van der Waals surface area contributed by atoms with E-state index in [-0.39, 0.29) is 29.3 Å². The van der Waals surface area contributed by atoms with E-state index in [4.69, 9.17) is 4.42 Å². The highest BCUT2D eigenvalue weighted by Gasteiger charge is 2.38. The number of hydrogen-bond acceptors (Lipinski definition) is 9. The van der Waals surface area contributed by atoms with Gasteiger partial charge >= 0.3 is 0 Å². The maximum absolute atomic E-state index is 11.8. The fraction of sp³-hybridized carbons (Fsp3) is 0.357.